The molecule has 0 unspecified atom stereocenters. The van der Waals surface area contributed by atoms with E-state index in [0.717, 1.165) is 11.3 Å². The Kier molecular flexibility index (Phi) is 4.98. The van der Waals surface area contributed by atoms with E-state index in [4.69, 9.17) is 4.74 Å². The summed E-state index contributed by atoms with van der Waals surface area (Å²) in [5, 5.41) is 5.14. The van der Waals surface area contributed by atoms with Crippen molar-refractivity contribution in [3.8, 4) is 5.75 Å². The summed E-state index contributed by atoms with van der Waals surface area (Å²) in [6.45, 7) is 0. The first-order valence-corrected chi connectivity index (χ1v) is 8.12. The first kappa shape index (κ1) is 15.9. The van der Waals surface area contributed by atoms with Crippen molar-refractivity contribution in [2.24, 2.45) is 4.99 Å². The zero-order valence-corrected chi connectivity index (χ0v) is 13.8. The molecular weight excluding hydrogens is 322 g/mol. The number of aromatic nitrogens is 1. The molecule has 0 bridgehead atoms. The standard InChI is InChI=1S/C18H15N3O2S/c1-23-14-8-6-13(7-9-14)12-20-16-5-3-2-4-15(16)17(22)21-18-19-10-11-24-18/h2-12H,1H3,(H,19,21,22). The summed E-state index contributed by atoms with van der Waals surface area (Å²) in [5.74, 6) is 0.558. The third-order valence-corrected chi connectivity index (χ3v) is 3.96. The van der Waals surface area contributed by atoms with E-state index in [0.29, 0.717) is 16.4 Å². The van der Waals surface area contributed by atoms with Crippen LogP contribution in [-0.2, 0) is 0 Å². The molecule has 120 valence electrons. The van der Waals surface area contributed by atoms with Gasteiger partial charge < -0.3 is 4.74 Å². The minimum atomic E-state index is -0.229. The first-order chi connectivity index (χ1) is 11.8. The van der Waals surface area contributed by atoms with E-state index in [1.807, 2.05) is 41.8 Å². The largest absolute Gasteiger partial charge is 0.497 e. The topological polar surface area (TPSA) is 63.6 Å². The second-order valence-corrected chi connectivity index (χ2v) is 5.73. The van der Waals surface area contributed by atoms with Crippen LogP contribution in [0.25, 0.3) is 0 Å². The Morgan fingerprint density at radius 2 is 2.00 bits per heavy atom. The van der Waals surface area contributed by atoms with Crippen molar-refractivity contribution in [1.29, 1.82) is 0 Å². The minimum absolute atomic E-state index is 0.229. The molecule has 0 saturated carbocycles. The van der Waals surface area contributed by atoms with Crippen LogP contribution in [0, 0.1) is 0 Å². The number of anilines is 1. The third-order valence-electron chi connectivity index (χ3n) is 3.27. The molecule has 1 amide bonds. The van der Waals surface area contributed by atoms with Crippen molar-refractivity contribution < 1.29 is 9.53 Å². The number of hydrogen-bond donors (Lipinski definition) is 1. The summed E-state index contributed by atoms with van der Waals surface area (Å²) >= 11 is 1.37. The molecule has 0 radical (unpaired) electrons. The van der Waals surface area contributed by atoms with E-state index in [2.05, 4.69) is 15.3 Å². The summed E-state index contributed by atoms with van der Waals surface area (Å²) < 4.78 is 5.13. The molecule has 1 N–H and O–H groups in total. The number of amides is 1. The molecule has 0 spiro atoms. The Morgan fingerprint density at radius 1 is 1.21 bits per heavy atom. The van der Waals surface area contributed by atoms with Gasteiger partial charge in [-0.05, 0) is 42.0 Å². The molecule has 5 nitrogen and oxygen atoms in total. The molecule has 3 rings (SSSR count). The second-order valence-electron chi connectivity index (χ2n) is 4.84. The number of thiazole rings is 1. The van der Waals surface area contributed by atoms with Crippen LogP contribution in [0.4, 0.5) is 10.8 Å². The number of nitrogens with zero attached hydrogens (tertiary/aromatic N) is 2. The van der Waals surface area contributed by atoms with Gasteiger partial charge in [-0.25, -0.2) is 4.98 Å². The number of ether oxygens (including phenoxy) is 1. The van der Waals surface area contributed by atoms with E-state index in [1.54, 1.807) is 31.7 Å². The molecular formula is C18H15N3O2S. The lowest BCUT2D eigenvalue weighted by atomic mass is 10.1. The Balaban J connectivity index is 1.80. The molecule has 1 heterocycles. The molecule has 0 atom stereocenters. The van der Waals surface area contributed by atoms with Gasteiger partial charge in [0, 0.05) is 17.8 Å². The van der Waals surface area contributed by atoms with Crippen LogP contribution in [0.15, 0.2) is 65.1 Å². The van der Waals surface area contributed by atoms with Crippen LogP contribution >= 0.6 is 11.3 Å². The molecule has 0 aliphatic carbocycles. The number of methoxy groups -OCH3 is 1. The van der Waals surface area contributed by atoms with Crippen molar-refractivity contribution in [3.05, 3.63) is 71.2 Å². The molecule has 3 aromatic rings. The molecule has 24 heavy (non-hydrogen) atoms. The van der Waals surface area contributed by atoms with Gasteiger partial charge in [0.2, 0.25) is 0 Å². The van der Waals surface area contributed by atoms with Crippen LogP contribution in [0.3, 0.4) is 0 Å². The van der Waals surface area contributed by atoms with E-state index in [9.17, 15) is 4.79 Å². The number of nitrogens with one attached hydrogen (secondary N) is 1. The summed E-state index contributed by atoms with van der Waals surface area (Å²) in [5.41, 5.74) is 2.02. The predicted molar refractivity (Wildman–Crippen MR) is 96.8 cm³/mol. The minimum Gasteiger partial charge on any atom is -0.497 e. The molecule has 0 aliphatic heterocycles. The van der Waals surface area contributed by atoms with Gasteiger partial charge in [-0.2, -0.15) is 0 Å². The zero-order chi connectivity index (χ0) is 16.8. The highest BCUT2D eigenvalue weighted by molar-refractivity contribution is 7.13. The fourth-order valence-corrected chi connectivity index (χ4v) is 2.59. The average Bonchev–Trinajstić information content (AvgIpc) is 3.13. The van der Waals surface area contributed by atoms with Crippen LogP contribution in [0.5, 0.6) is 5.75 Å². The third kappa shape index (κ3) is 3.85. The Morgan fingerprint density at radius 3 is 2.71 bits per heavy atom. The highest BCUT2D eigenvalue weighted by Gasteiger charge is 2.11. The van der Waals surface area contributed by atoms with Gasteiger partial charge in [-0.1, -0.05) is 12.1 Å². The van der Waals surface area contributed by atoms with Crippen molar-refractivity contribution in [2.45, 2.75) is 0 Å². The lowest BCUT2D eigenvalue weighted by Gasteiger charge is -2.05. The van der Waals surface area contributed by atoms with Gasteiger partial charge in [-0.3, -0.25) is 15.1 Å². The molecule has 0 saturated heterocycles. The average molecular weight is 337 g/mol. The molecule has 1 aromatic heterocycles. The Bertz CT molecular complexity index is 843. The van der Waals surface area contributed by atoms with Crippen LogP contribution < -0.4 is 10.1 Å². The zero-order valence-electron chi connectivity index (χ0n) is 13.0. The summed E-state index contributed by atoms with van der Waals surface area (Å²) in [6.07, 6.45) is 3.36. The lowest BCUT2D eigenvalue weighted by molar-refractivity contribution is 0.102. The van der Waals surface area contributed by atoms with Gasteiger partial charge in [0.25, 0.3) is 5.91 Å². The maximum Gasteiger partial charge on any atom is 0.259 e. The summed E-state index contributed by atoms with van der Waals surface area (Å²) in [6, 6.07) is 14.7. The Labute approximate surface area is 143 Å². The van der Waals surface area contributed by atoms with Crippen molar-refractivity contribution in [1.82, 2.24) is 4.98 Å². The van der Waals surface area contributed by atoms with E-state index in [1.165, 1.54) is 11.3 Å². The normalized spacial score (nSPS) is 10.7. The van der Waals surface area contributed by atoms with E-state index in [-0.39, 0.29) is 5.91 Å². The quantitative estimate of drug-likeness (QED) is 0.711. The fraction of sp³-hybridized carbons (Fsp3) is 0.0556. The molecule has 0 aliphatic rings. The maximum absolute atomic E-state index is 12.4. The summed E-state index contributed by atoms with van der Waals surface area (Å²) in [7, 11) is 1.63. The second kappa shape index (κ2) is 7.52. The van der Waals surface area contributed by atoms with Gasteiger partial charge in [0.1, 0.15) is 5.75 Å². The SMILES string of the molecule is COc1ccc(C=Nc2ccccc2C(=O)Nc2nccs2)cc1. The van der Waals surface area contributed by atoms with E-state index < -0.39 is 0 Å². The number of aliphatic imine (C=N–C) groups is 1. The summed E-state index contributed by atoms with van der Waals surface area (Å²) in [4.78, 5) is 20.9. The highest BCUT2D eigenvalue weighted by Crippen LogP contribution is 2.21. The van der Waals surface area contributed by atoms with Crippen LogP contribution in [0.1, 0.15) is 15.9 Å². The highest BCUT2D eigenvalue weighted by atomic mass is 32.1. The van der Waals surface area contributed by atoms with Crippen LogP contribution in [-0.4, -0.2) is 24.2 Å². The smallest absolute Gasteiger partial charge is 0.259 e. The number of rotatable bonds is 5. The van der Waals surface area contributed by atoms with Crippen LogP contribution in [0.2, 0.25) is 0 Å². The first-order valence-electron chi connectivity index (χ1n) is 7.24. The van der Waals surface area contributed by atoms with Gasteiger partial charge in [0.15, 0.2) is 5.13 Å². The van der Waals surface area contributed by atoms with Gasteiger partial charge >= 0.3 is 0 Å². The monoisotopic (exact) mass is 337 g/mol. The number of para-hydroxylation sites is 1. The van der Waals surface area contributed by atoms with Crippen molar-refractivity contribution >= 4 is 34.3 Å². The van der Waals surface area contributed by atoms with Crippen molar-refractivity contribution in [2.75, 3.05) is 12.4 Å². The molecule has 0 fully saturated rings. The van der Waals surface area contributed by atoms with Gasteiger partial charge in [0.05, 0.1) is 18.4 Å². The lowest BCUT2D eigenvalue weighted by Crippen LogP contribution is -2.11. The molecule has 6 heteroatoms. The van der Waals surface area contributed by atoms with Gasteiger partial charge in [-0.15, -0.1) is 11.3 Å². The Hall–Kier alpha value is -2.99. The van der Waals surface area contributed by atoms with E-state index >= 15 is 0 Å². The number of carbonyl (C=O) groups is 1. The predicted octanol–water partition coefficient (Wildman–Crippen LogP) is 4.15. The number of hydrogen-bond acceptors (Lipinski definition) is 5. The fourth-order valence-electron chi connectivity index (χ4n) is 2.06. The maximum atomic E-state index is 12.4. The number of carbonyl (C=O) groups excluding carboxylic acids is 1. The number of benzene rings is 2. The van der Waals surface area contributed by atoms with Crippen molar-refractivity contribution in [3.63, 3.8) is 0 Å². The molecule has 2 aromatic carbocycles.